The lowest BCUT2D eigenvalue weighted by molar-refractivity contribution is -0.153. The van der Waals surface area contributed by atoms with Crippen molar-refractivity contribution < 1.29 is 19.4 Å². The normalized spacial score (nSPS) is 18.7. The molecule has 4 aromatic rings. The summed E-state index contributed by atoms with van der Waals surface area (Å²) in [6.07, 6.45) is -0.649. The van der Waals surface area contributed by atoms with Gasteiger partial charge in [-0.05, 0) is 29.7 Å². The van der Waals surface area contributed by atoms with Gasteiger partial charge in [-0.25, -0.2) is 9.78 Å². The van der Waals surface area contributed by atoms with Crippen molar-refractivity contribution in [3.63, 3.8) is 0 Å². The number of aliphatic hydroxyl groups is 1. The number of aryl methyl sites for hydroxylation is 1. The Kier molecular flexibility index (Phi) is 7.32. The zero-order chi connectivity index (χ0) is 27.8. The number of amides is 1. The molecule has 40 heavy (non-hydrogen) atoms. The van der Waals surface area contributed by atoms with Crippen LogP contribution >= 0.6 is 23.5 Å². The molecule has 0 saturated carbocycles. The van der Waals surface area contributed by atoms with Crippen molar-refractivity contribution in [2.75, 3.05) is 11.5 Å². The Morgan fingerprint density at radius 3 is 2.48 bits per heavy atom. The molecule has 0 spiro atoms. The number of hydrogen-bond acceptors (Lipinski definition) is 10. The molecule has 4 heterocycles. The number of carbonyl (C=O) groups is 2. The quantitative estimate of drug-likeness (QED) is 0.140. The van der Waals surface area contributed by atoms with Gasteiger partial charge in [-0.3, -0.25) is 9.69 Å². The first-order chi connectivity index (χ1) is 19.4. The maximum absolute atomic E-state index is 13.9. The van der Waals surface area contributed by atoms with Crippen LogP contribution in [0.25, 0.3) is 5.78 Å². The molecule has 2 aliphatic heterocycles. The summed E-state index contributed by atoms with van der Waals surface area (Å²) in [5, 5.41) is 14.3. The summed E-state index contributed by atoms with van der Waals surface area (Å²) < 4.78 is 7.75. The average molecular weight is 575 g/mol. The Labute approximate surface area is 238 Å². The van der Waals surface area contributed by atoms with E-state index in [0.29, 0.717) is 17.3 Å². The van der Waals surface area contributed by atoms with E-state index in [0.717, 1.165) is 27.4 Å². The Morgan fingerprint density at radius 2 is 1.82 bits per heavy atom. The van der Waals surface area contributed by atoms with Gasteiger partial charge in [0.2, 0.25) is 5.91 Å². The Bertz CT molecular complexity index is 1570. The molecule has 1 saturated heterocycles. The second-order valence-corrected chi connectivity index (χ2v) is 11.5. The number of esters is 1. The molecule has 0 radical (unpaired) electrons. The highest BCUT2D eigenvalue weighted by molar-refractivity contribution is 8.01. The number of β-lactam (4-membered cyclic amide) rings is 1. The number of hydrogen-bond donors (Lipinski definition) is 2. The van der Waals surface area contributed by atoms with Crippen molar-refractivity contribution in [3.8, 4) is 0 Å². The highest BCUT2D eigenvalue weighted by Crippen LogP contribution is 2.42. The van der Waals surface area contributed by atoms with Crippen LogP contribution in [0, 0.1) is 6.92 Å². The molecule has 0 bridgehead atoms. The van der Waals surface area contributed by atoms with Gasteiger partial charge in [-0.2, -0.15) is 9.50 Å². The lowest BCUT2D eigenvalue weighted by Gasteiger charge is -2.48. The first kappa shape index (κ1) is 26.5. The summed E-state index contributed by atoms with van der Waals surface area (Å²) in [7, 11) is 0. The number of aromatic nitrogens is 4. The first-order valence-electron chi connectivity index (χ1n) is 12.6. The third-order valence-corrected chi connectivity index (χ3v) is 9.14. The molecular weight excluding hydrogens is 548 g/mol. The van der Waals surface area contributed by atoms with Crippen molar-refractivity contribution in [3.05, 3.63) is 101 Å². The summed E-state index contributed by atoms with van der Waals surface area (Å²) in [4.78, 5) is 36.9. The minimum atomic E-state index is -0.657. The number of ether oxygens (including phenoxy) is 1. The highest BCUT2D eigenvalue weighted by atomic mass is 32.2. The van der Waals surface area contributed by atoms with E-state index in [1.54, 1.807) is 4.52 Å². The van der Waals surface area contributed by atoms with Crippen LogP contribution in [0.2, 0.25) is 0 Å². The van der Waals surface area contributed by atoms with Gasteiger partial charge in [0.15, 0.2) is 11.9 Å². The SMILES string of the molecule is Cc1cc(SCC2=C(C(=O)OC(c3ccccc3)c3ccccc3)N3C(=O)C(N)[C@@H]3SC2)n2nc(CO)nc2n1. The molecule has 0 aliphatic carbocycles. The second kappa shape index (κ2) is 11.0. The largest absolute Gasteiger partial charge is 0.448 e. The fourth-order valence-corrected chi connectivity index (χ4v) is 7.23. The number of carbonyl (C=O) groups excluding carboxylic acids is 2. The zero-order valence-corrected chi connectivity index (χ0v) is 23.1. The van der Waals surface area contributed by atoms with Gasteiger partial charge in [0, 0.05) is 17.2 Å². The predicted octanol–water partition coefficient (Wildman–Crippen LogP) is 2.85. The van der Waals surface area contributed by atoms with E-state index in [-0.39, 0.29) is 29.4 Å². The van der Waals surface area contributed by atoms with Gasteiger partial charge >= 0.3 is 5.97 Å². The number of nitrogens with zero attached hydrogens (tertiary/aromatic N) is 5. The van der Waals surface area contributed by atoms with E-state index in [1.165, 1.54) is 28.4 Å². The molecule has 2 aliphatic rings. The van der Waals surface area contributed by atoms with Crippen molar-refractivity contribution in [1.29, 1.82) is 0 Å². The van der Waals surface area contributed by atoms with Crippen LogP contribution in [-0.4, -0.2) is 64.4 Å². The summed E-state index contributed by atoms with van der Waals surface area (Å²) in [6, 6.07) is 20.3. The molecule has 3 N–H and O–H groups in total. The van der Waals surface area contributed by atoms with Gasteiger partial charge < -0.3 is 15.6 Å². The van der Waals surface area contributed by atoms with Gasteiger partial charge in [-0.15, -0.1) is 28.6 Å². The number of fused-ring (bicyclic) bond motifs is 2. The molecule has 2 aromatic heterocycles. The topological polar surface area (TPSA) is 136 Å². The highest BCUT2D eigenvalue weighted by Gasteiger charge is 2.52. The van der Waals surface area contributed by atoms with Crippen LogP contribution in [0.5, 0.6) is 0 Å². The number of thioether (sulfide) groups is 2. The number of aliphatic hydroxyl groups excluding tert-OH is 1. The zero-order valence-electron chi connectivity index (χ0n) is 21.5. The fourth-order valence-electron chi connectivity index (χ4n) is 4.75. The predicted molar refractivity (Wildman–Crippen MR) is 151 cm³/mol. The summed E-state index contributed by atoms with van der Waals surface area (Å²) >= 11 is 2.98. The van der Waals surface area contributed by atoms with Crippen LogP contribution in [0.1, 0.15) is 28.7 Å². The molecule has 2 aromatic carbocycles. The summed E-state index contributed by atoms with van der Waals surface area (Å²) in [5.41, 5.74) is 9.50. The number of nitrogens with two attached hydrogens (primary N) is 1. The minimum Gasteiger partial charge on any atom is -0.448 e. The van der Waals surface area contributed by atoms with Crippen LogP contribution in [0.4, 0.5) is 0 Å². The van der Waals surface area contributed by atoms with E-state index in [2.05, 4.69) is 15.1 Å². The van der Waals surface area contributed by atoms with E-state index >= 15 is 0 Å². The van der Waals surface area contributed by atoms with Crippen molar-refractivity contribution in [2.45, 2.75) is 36.1 Å². The molecule has 1 amide bonds. The van der Waals surface area contributed by atoms with Crippen molar-refractivity contribution in [2.24, 2.45) is 5.73 Å². The minimum absolute atomic E-state index is 0.247. The van der Waals surface area contributed by atoms with E-state index < -0.39 is 18.1 Å². The molecular formula is C28H26N6O4S2. The molecule has 204 valence electrons. The lowest BCUT2D eigenvalue weighted by atomic mass is 10.0. The third kappa shape index (κ3) is 4.87. The second-order valence-electron chi connectivity index (χ2n) is 9.42. The van der Waals surface area contributed by atoms with E-state index in [4.69, 9.17) is 10.5 Å². The van der Waals surface area contributed by atoms with Crippen LogP contribution in [-0.2, 0) is 20.9 Å². The maximum atomic E-state index is 13.9. The standard InChI is InChI=1S/C28H26N6O4S2/c1-16-12-21(34-28(30-16)31-20(13-35)32-34)39-14-19-15-40-26-22(29)25(36)33(26)23(19)27(37)38-24(17-8-4-2-5-9-17)18-10-6-3-7-11-18/h2-12,22,24,26,35H,13-15,29H2,1H3/t22?,26-/m0/s1. The van der Waals surface area contributed by atoms with Crippen LogP contribution in [0.15, 0.2) is 83.0 Å². The monoisotopic (exact) mass is 574 g/mol. The third-order valence-electron chi connectivity index (χ3n) is 6.70. The van der Waals surface area contributed by atoms with Crippen molar-refractivity contribution >= 4 is 41.2 Å². The Balaban J connectivity index is 1.34. The molecule has 1 unspecified atom stereocenters. The Morgan fingerprint density at radius 1 is 1.15 bits per heavy atom. The van der Waals surface area contributed by atoms with E-state index in [9.17, 15) is 14.7 Å². The fraction of sp³-hybridized carbons (Fsp3) is 0.250. The first-order valence-corrected chi connectivity index (χ1v) is 14.7. The maximum Gasteiger partial charge on any atom is 0.356 e. The van der Waals surface area contributed by atoms with Gasteiger partial charge in [-0.1, -0.05) is 60.7 Å². The summed E-state index contributed by atoms with van der Waals surface area (Å²) in [5.74, 6) is 0.709. The van der Waals surface area contributed by atoms with Gasteiger partial charge in [0.25, 0.3) is 5.78 Å². The Hall–Kier alpha value is -3.71. The van der Waals surface area contributed by atoms with Crippen LogP contribution in [0.3, 0.4) is 0 Å². The van der Waals surface area contributed by atoms with Crippen molar-refractivity contribution in [1.82, 2.24) is 24.5 Å². The average Bonchev–Trinajstić information content (AvgIpc) is 3.41. The van der Waals surface area contributed by atoms with E-state index in [1.807, 2.05) is 73.7 Å². The molecule has 10 nitrogen and oxygen atoms in total. The molecule has 12 heteroatoms. The number of rotatable bonds is 8. The smallest absolute Gasteiger partial charge is 0.356 e. The lowest BCUT2D eigenvalue weighted by Crippen LogP contribution is -2.68. The molecule has 6 rings (SSSR count). The number of benzene rings is 2. The molecule has 1 fully saturated rings. The van der Waals surface area contributed by atoms with Gasteiger partial charge in [0.1, 0.15) is 28.7 Å². The van der Waals surface area contributed by atoms with Gasteiger partial charge in [0.05, 0.1) is 0 Å². The molecule has 2 atom stereocenters. The summed E-state index contributed by atoms with van der Waals surface area (Å²) in [6.45, 7) is 1.56. The van der Waals surface area contributed by atoms with Crippen LogP contribution < -0.4 is 5.73 Å².